The summed E-state index contributed by atoms with van der Waals surface area (Å²) in [6.45, 7) is 0.889. The Morgan fingerprint density at radius 3 is 2.20 bits per heavy atom. The van der Waals surface area contributed by atoms with Gasteiger partial charge in [-0.15, -0.1) is 0 Å². The SMILES string of the molecule is ON=Cc1ccc(OCCOc2ccccc2-c2ccccc2)cc1. The van der Waals surface area contributed by atoms with Gasteiger partial charge >= 0.3 is 0 Å². The number of para-hydroxylation sites is 1. The fourth-order valence-corrected chi connectivity index (χ4v) is 2.48. The second-order valence-corrected chi connectivity index (χ2v) is 5.37. The predicted octanol–water partition coefficient (Wildman–Crippen LogP) is 4.62. The van der Waals surface area contributed by atoms with E-state index in [0.717, 1.165) is 28.2 Å². The smallest absolute Gasteiger partial charge is 0.127 e. The highest BCUT2D eigenvalue weighted by molar-refractivity contribution is 5.79. The molecular formula is C21H19NO3. The van der Waals surface area contributed by atoms with Crippen LogP contribution >= 0.6 is 0 Å². The van der Waals surface area contributed by atoms with Crippen molar-refractivity contribution in [1.82, 2.24) is 0 Å². The zero-order valence-electron chi connectivity index (χ0n) is 13.7. The molecule has 0 aliphatic carbocycles. The second-order valence-electron chi connectivity index (χ2n) is 5.37. The van der Waals surface area contributed by atoms with Gasteiger partial charge in [-0.2, -0.15) is 0 Å². The van der Waals surface area contributed by atoms with E-state index in [9.17, 15) is 0 Å². The topological polar surface area (TPSA) is 51.1 Å². The molecule has 4 heteroatoms. The molecule has 0 unspecified atom stereocenters. The molecule has 0 atom stereocenters. The lowest BCUT2D eigenvalue weighted by molar-refractivity contribution is 0.217. The molecule has 0 saturated carbocycles. The van der Waals surface area contributed by atoms with Crippen LogP contribution in [0.15, 0.2) is 84.0 Å². The van der Waals surface area contributed by atoms with Crippen LogP contribution in [0, 0.1) is 0 Å². The fourth-order valence-electron chi connectivity index (χ4n) is 2.48. The Kier molecular flexibility index (Phi) is 5.67. The van der Waals surface area contributed by atoms with Gasteiger partial charge in [-0.05, 0) is 41.5 Å². The standard InChI is InChI=1S/C21H19NO3/c23-22-16-17-10-12-19(13-11-17)24-14-15-25-21-9-5-4-8-20(21)18-6-2-1-3-7-18/h1-13,16,23H,14-15H2. The molecule has 3 rings (SSSR count). The first kappa shape index (κ1) is 16.6. The van der Waals surface area contributed by atoms with E-state index < -0.39 is 0 Å². The van der Waals surface area contributed by atoms with Crippen LogP contribution < -0.4 is 9.47 Å². The van der Waals surface area contributed by atoms with E-state index in [2.05, 4.69) is 17.3 Å². The van der Waals surface area contributed by atoms with E-state index in [0.29, 0.717) is 13.2 Å². The van der Waals surface area contributed by atoms with Gasteiger partial charge in [0.25, 0.3) is 0 Å². The highest BCUT2D eigenvalue weighted by Gasteiger charge is 2.05. The third kappa shape index (κ3) is 4.61. The first-order valence-electron chi connectivity index (χ1n) is 8.04. The van der Waals surface area contributed by atoms with Gasteiger partial charge in [-0.1, -0.05) is 53.7 Å². The van der Waals surface area contributed by atoms with Crippen molar-refractivity contribution in [3.05, 3.63) is 84.4 Å². The summed E-state index contributed by atoms with van der Waals surface area (Å²) in [5.74, 6) is 1.59. The average molecular weight is 333 g/mol. The largest absolute Gasteiger partial charge is 0.490 e. The third-order valence-electron chi connectivity index (χ3n) is 3.67. The molecule has 0 heterocycles. The minimum absolute atomic E-state index is 0.441. The summed E-state index contributed by atoms with van der Waals surface area (Å²) < 4.78 is 11.6. The monoisotopic (exact) mass is 333 g/mol. The number of rotatable bonds is 7. The normalized spacial score (nSPS) is 10.7. The molecule has 126 valence electrons. The maximum Gasteiger partial charge on any atom is 0.127 e. The molecule has 4 nitrogen and oxygen atoms in total. The molecule has 0 aliphatic rings. The Bertz CT molecular complexity index is 814. The summed E-state index contributed by atoms with van der Waals surface area (Å²) in [5, 5.41) is 11.5. The number of hydrogen-bond acceptors (Lipinski definition) is 4. The Labute approximate surface area is 147 Å². The van der Waals surface area contributed by atoms with Crippen LogP contribution in [-0.2, 0) is 0 Å². The zero-order chi connectivity index (χ0) is 17.3. The van der Waals surface area contributed by atoms with Gasteiger partial charge in [0.1, 0.15) is 24.7 Å². The molecule has 25 heavy (non-hydrogen) atoms. The van der Waals surface area contributed by atoms with Gasteiger partial charge in [-0.25, -0.2) is 0 Å². The maximum atomic E-state index is 8.50. The first-order valence-corrected chi connectivity index (χ1v) is 8.04. The molecule has 0 fully saturated rings. The van der Waals surface area contributed by atoms with E-state index in [1.165, 1.54) is 6.21 Å². The average Bonchev–Trinajstić information content (AvgIpc) is 2.68. The van der Waals surface area contributed by atoms with E-state index in [1.54, 1.807) is 0 Å². The van der Waals surface area contributed by atoms with E-state index in [4.69, 9.17) is 14.7 Å². The van der Waals surface area contributed by atoms with E-state index in [-0.39, 0.29) is 0 Å². The molecule has 3 aromatic carbocycles. The summed E-state index contributed by atoms with van der Waals surface area (Å²) >= 11 is 0. The van der Waals surface area contributed by atoms with Crippen molar-refractivity contribution in [2.75, 3.05) is 13.2 Å². The molecule has 0 spiro atoms. The lowest BCUT2D eigenvalue weighted by Gasteiger charge is -2.12. The molecule has 0 amide bonds. The molecular weight excluding hydrogens is 314 g/mol. The van der Waals surface area contributed by atoms with E-state index in [1.807, 2.05) is 66.7 Å². The van der Waals surface area contributed by atoms with Crippen LogP contribution in [0.5, 0.6) is 11.5 Å². The molecule has 0 saturated heterocycles. The Morgan fingerprint density at radius 2 is 1.44 bits per heavy atom. The van der Waals surface area contributed by atoms with Crippen molar-refractivity contribution >= 4 is 6.21 Å². The summed E-state index contributed by atoms with van der Waals surface area (Å²) in [5.41, 5.74) is 3.00. The molecule has 0 aliphatic heterocycles. The summed E-state index contributed by atoms with van der Waals surface area (Å²) in [4.78, 5) is 0. The summed E-state index contributed by atoms with van der Waals surface area (Å²) in [7, 11) is 0. The van der Waals surface area contributed by atoms with Crippen LogP contribution in [0.2, 0.25) is 0 Å². The van der Waals surface area contributed by atoms with Crippen LogP contribution in [0.1, 0.15) is 5.56 Å². The van der Waals surface area contributed by atoms with Gasteiger partial charge in [0.15, 0.2) is 0 Å². The Hall–Kier alpha value is -3.27. The number of ether oxygens (including phenoxy) is 2. The van der Waals surface area contributed by atoms with Crippen LogP contribution in [0.4, 0.5) is 0 Å². The molecule has 1 N–H and O–H groups in total. The highest BCUT2D eigenvalue weighted by Crippen LogP contribution is 2.29. The minimum atomic E-state index is 0.441. The van der Waals surface area contributed by atoms with Crippen LogP contribution in [0.3, 0.4) is 0 Å². The van der Waals surface area contributed by atoms with Crippen molar-refractivity contribution < 1.29 is 14.7 Å². The van der Waals surface area contributed by atoms with Crippen molar-refractivity contribution in [2.24, 2.45) is 5.16 Å². The first-order chi connectivity index (χ1) is 12.4. The van der Waals surface area contributed by atoms with Crippen LogP contribution in [0.25, 0.3) is 11.1 Å². The van der Waals surface area contributed by atoms with Gasteiger partial charge < -0.3 is 14.7 Å². The summed E-state index contributed by atoms with van der Waals surface area (Å²) in [6, 6.07) is 25.4. The number of nitrogens with zero attached hydrogens (tertiary/aromatic N) is 1. The second kappa shape index (κ2) is 8.55. The van der Waals surface area contributed by atoms with E-state index >= 15 is 0 Å². The van der Waals surface area contributed by atoms with Gasteiger partial charge in [0.05, 0.1) is 6.21 Å². The predicted molar refractivity (Wildman–Crippen MR) is 98.7 cm³/mol. The molecule has 0 radical (unpaired) electrons. The zero-order valence-corrected chi connectivity index (χ0v) is 13.7. The molecule has 0 aromatic heterocycles. The van der Waals surface area contributed by atoms with Crippen molar-refractivity contribution in [3.8, 4) is 22.6 Å². The third-order valence-corrected chi connectivity index (χ3v) is 3.67. The number of benzene rings is 3. The van der Waals surface area contributed by atoms with Gasteiger partial charge in [-0.3, -0.25) is 0 Å². The Morgan fingerprint density at radius 1 is 0.760 bits per heavy atom. The van der Waals surface area contributed by atoms with Crippen molar-refractivity contribution in [3.63, 3.8) is 0 Å². The van der Waals surface area contributed by atoms with Gasteiger partial charge in [0.2, 0.25) is 0 Å². The fraction of sp³-hybridized carbons (Fsp3) is 0.0952. The maximum absolute atomic E-state index is 8.50. The Balaban J connectivity index is 1.56. The number of oxime groups is 1. The number of hydrogen-bond donors (Lipinski definition) is 1. The van der Waals surface area contributed by atoms with Gasteiger partial charge in [0, 0.05) is 5.56 Å². The van der Waals surface area contributed by atoms with Crippen molar-refractivity contribution in [1.29, 1.82) is 0 Å². The highest BCUT2D eigenvalue weighted by atomic mass is 16.5. The lowest BCUT2D eigenvalue weighted by Crippen LogP contribution is -2.09. The summed E-state index contributed by atoms with van der Waals surface area (Å²) in [6.07, 6.45) is 1.37. The quantitative estimate of drug-likeness (QED) is 0.297. The minimum Gasteiger partial charge on any atom is -0.490 e. The van der Waals surface area contributed by atoms with Crippen molar-refractivity contribution in [2.45, 2.75) is 0 Å². The molecule has 0 bridgehead atoms. The molecule has 3 aromatic rings. The van der Waals surface area contributed by atoms with Crippen LogP contribution in [-0.4, -0.2) is 24.6 Å². The lowest BCUT2D eigenvalue weighted by atomic mass is 10.1.